The zero-order valence-corrected chi connectivity index (χ0v) is 14.6. The molecule has 5 nitrogen and oxygen atoms in total. The Morgan fingerprint density at radius 1 is 1.13 bits per heavy atom. The number of hydrogen-bond donors (Lipinski definition) is 1. The third kappa shape index (κ3) is 4.71. The monoisotopic (exact) mass is 317 g/mol. The lowest BCUT2D eigenvalue weighted by Gasteiger charge is -2.36. The average Bonchev–Trinajstić information content (AvgIpc) is 2.51. The number of hydrogen-bond acceptors (Lipinski definition) is 3. The summed E-state index contributed by atoms with van der Waals surface area (Å²) in [6.45, 7) is 10.7. The average molecular weight is 317 g/mol. The molecule has 1 N–H and O–H groups in total. The van der Waals surface area contributed by atoms with Crippen molar-refractivity contribution in [2.75, 3.05) is 37.6 Å². The Hall–Kier alpha value is -2.04. The van der Waals surface area contributed by atoms with Crippen molar-refractivity contribution in [2.24, 2.45) is 5.41 Å². The molecule has 0 atom stereocenters. The van der Waals surface area contributed by atoms with Gasteiger partial charge < -0.3 is 15.1 Å². The Balaban J connectivity index is 1.82. The second kappa shape index (κ2) is 7.02. The first-order valence-corrected chi connectivity index (χ1v) is 8.15. The first-order chi connectivity index (χ1) is 10.8. The molecule has 1 aromatic carbocycles. The van der Waals surface area contributed by atoms with Crippen LogP contribution < -0.4 is 10.2 Å². The van der Waals surface area contributed by atoms with Crippen LogP contribution in [-0.4, -0.2) is 49.4 Å². The van der Waals surface area contributed by atoms with E-state index in [0.29, 0.717) is 13.1 Å². The number of benzene rings is 1. The van der Waals surface area contributed by atoms with Crippen molar-refractivity contribution >= 4 is 17.5 Å². The number of nitrogens with zero attached hydrogens (tertiary/aromatic N) is 2. The third-order valence-electron chi connectivity index (χ3n) is 4.08. The summed E-state index contributed by atoms with van der Waals surface area (Å²) in [6, 6.07) is 8.42. The Kier molecular flexibility index (Phi) is 5.29. The summed E-state index contributed by atoms with van der Waals surface area (Å²) in [4.78, 5) is 28.2. The molecule has 0 aromatic heterocycles. The lowest BCUT2D eigenvalue weighted by atomic mass is 9.96. The molecular formula is C18H27N3O2. The number of amides is 2. The molecule has 2 amide bonds. The van der Waals surface area contributed by atoms with Gasteiger partial charge in [-0.25, -0.2) is 0 Å². The second-order valence-electron chi connectivity index (χ2n) is 7.14. The molecular weight excluding hydrogens is 290 g/mol. The molecule has 1 aliphatic heterocycles. The van der Waals surface area contributed by atoms with Crippen molar-refractivity contribution in [3.05, 3.63) is 29.8 Å². The van der Waals surface area contributed by atoms with Crippen LogP contribution in [0.25, 0.3) is 0 Å². The van der Waals surface area contributed by atoms with Gasteiger partial charge in [0.2, 0.25) is 11.8 Å². The van der Waals surface area contributed by atoms with Crippen LogP contribution in [0.4, 0.5) is 5.69 Å². The normalized spacial score (nSPS) is 15.5. The smallest absolute Gasteiger partial charge is 0.242 e. The van der Waals surface area contributed by atoms with Crippen LogP contribution in [0, 0.1) is 12.3 Å². The Labute approximate surface area is 138 Å². The zero-order valence-electron chi connectivity index (χ0n) is 14.6. The molecule has 0 saturated carbocycles. The van der Waals surface area contributed by atoms with E-state index in [1.54, 1.807) is 0 Å². The van der Waals surface area contributed by atoms with Gasteiger partial charge in [0.05, 0.1) is 6.54 Å². The lowest BCUT2D eigenvalue weighted by Crippen LogP contribution is -2.52. The van der Waals surface area contributed by atoms with E-state index in [1.807, 2.05) is 25.7 Å². The highest BCUT2D eigenvalue weighted by Gasteiger charge is 2.24. The molecule has 1 fully saturated rings. The molecule has 23 heavy (non-hydrogen) atoms. The van der Waals surface area contributed by atoms with Crippen molar-refractivity contribution in [2.45, 2.75) is 27.7 Å². The van der Waals surface area contributed by atoms with E-state index >= 15 is 0 Å². The van der Waals surface area contributed by atoms with Gasteiger partial charge in [0.15, 0.2) is 0 Å². The van der Waals surface area contributed by atoms with Gasteiger partial charge >= 0.3 is 0 Å². The summed E-state index contributed by atoms with van der Waals surface area (Å²) in [7, 11) is 0. The van der Waals surface area contributed by atoms with Gasteiger partial charge in [0, 0.05) is 37.3 Å². The predicted octanol–water partition coefficient (Wildman–Crippen LogP) is 1.81. The Bertz CT molecular complexity index is 570. The second-order valence-corrected chi connectivity index (χ2v) is 7.14. The third-order valence-corrected chi connectivity index (χ3v) is 4.08. The summed E-state index contributed by atoms with van der Waals surface area (Å²) in [5.74, 6) is -0.101. The van der Waals surface area contributed by atoms with Crippen LogP contribution in [0.1, 0.15) is 26.3 Å². The van der Waals surface area contributed by atoms with Gasteiger partial charge in [-0.1, -0.05) is 32.9 Å². The number of carbonyl (C=O) groups is 2. The highest BCUT2D eigenvalue weighted by Crippen LogP contribution is 2.18. The van der Waals surface area contributed by atoms with E-state index in [2.05, 4.69) is 41.4 Å². The first kappa shape index (κ1) is 17.3. The SMILES string of the molecule is Cc1cccc(N2CCN(C(=O)CNC(=O)C(C)(C)C)CC2)c1. The molecule has 1 aromatic rings. The van der Waals surface area contributed by atoms with Crippen LogP contribution in [0.15, 0.2) is 24.3 Å². The largest absolute Gasteiger partial charge is 0.368 e. The van der Waals surface area contributed by atoms with E-state index in [0.717, 1.165) is 13.1 Å². The van der Waals surface area contributed by atoms with Crippen LogP contribution in [0.3, 0.4) is 0 Å². The van der Waals surface area contributed by atoms with Crippen LogP contribution in [0.5, 0.6) is 0 Å². The van der Waals surface area contributed by atoms with E-state index in [1.165, 1.54) is 11.3 Å². The highest BCUT2D eigenvalue weighted by atomic mass is 16.2. The van der Waals surface area contributed by atoms with Crippen molar-refractivity contribution in [3.8, 4) is 0 Å². The topological polar surface area (TPSA) is 52.6 Å². The number of carbonyl (C=O) groups excluding carboxylic acids is 2. The fraction of sp³-hybridized carbons (Fsp3) is 0.556. The van der Waals surface area contributed by atoms with Crippen molar-refractivity contribution in [1.82, 2.24) is 10.2 Å². The van der Waals surface area contributed by atoms with E-state index < -0.39 is 5.41 Å². The van der Waals surface area contributed by atoms with Crippen LogP contribution in [0.2, 0.25) is 0 Å². The van der Waals surface area contributed by atoms with Gasteiger partial charge in [-0.15, -0.1) is 0 Å². The number of aryl methyl sites for hydroxylation is 1. The van der Waals surface area contributed by atoms with Gasteiger partial charge in [-0.2, -0.15) is 0 Å². The molecule has 126 valence electrons. The van der Waals surface area contributed by atoms with E-state index in [-0.39, 0.29) is 18.4 Å². The van der Waals surface area contributed by atoms with E-state index in [4.69, 9.17) is 0 Å². The molecule has 1 saturated heterocycles. The molecule has 0 unspecified atom stereocenters. The summed E-state index contributed by atoms with van der Waals surface area (Å²) < 4.78 is 0. The van der Waals surface area contributed by atoms with Crippen LogP contribution in [-0.2, 0) is 9.59 Å². The van der Waals surface area contributed by atoms with Gasteiger partial charge in [0.1, 0.15) is 0 Å². The van der Waals surface area contributed by atoms with Gasteiger partial charge in [-0.3, -0.25) is 9.59 Å². The quantitative estimate of drug-likeness (QED) is 0.925. The Morgan fingerprint density at radius 2 is 1.78 bits per heavy atom. The Morgan fingerprint density at radius 3 is 2.35 bits per heavy atom. The summed E-state index contributed by atoms with van der Waals surface area (Å²) in [6.07, 6.45) is 0. The zero-order chi connectivity index (χ0) is 17.0. The maximum absolute atomic E-state index is 12.2. The molecule has 0 bridgehead atoms. The fourth-order valence-electron chi connectivity index (χ4n) is 2.57. The minimum absolute atomic E-state index is 0.00788. The number of piperazine rings is 1. The lowest BCUT2D eigenvalue weighted by molar-refractivity contribution is -0.135. The van der Waals surface area contributed by atoms with E-state index in [9.17, 15) is 9.59 Å². The van der Waals surface area contributed by atoms with Gasteiger partial charge in [-0.05, 0) is 24.6 Å². The maximum atomic E-state index is 12.2. The predicted molar refractivity (Wildman–Crippen MR) is 92.4 cm³/mol. The van der Waals surface area contributed by atoms with Gasteiger partial charge in [0.25, 0.3) is 0 Å². The number of rotatable bonds is 3. The molecule has 0 spiro atoms. The minimum Gasteiger partial charge on any atom is -0.368 e. The molecule has 5 heteroatoms. The number of nitrogens with one attached hydrogen (secondary N) is 1. The van der Waals surface area contributed by atoms with Crippen molar-refractivity contribution in [1.29, 1.82) is 0 Å². The van der Waals surface area contributed by atoms with Crippen LogP contribution >= 0.6 is 0 Å². The summed E-state index contributed by atoms with van der Waals surface area (Å²) in [5.41, 5.74) is 1.98. The molecule has 0 radical (unpaired) electrons. The molecule has 1 aliphatic rings. The molecule has 0 aliphatic carbocycles. The van der Waals surface area contributed by atoms with Crippen molar-refractivity contribution < 1.29 is 9.59 Å². The van der Waals surface area contributed by atoms with Crippen molar-refractivity contribution in [3.63, 3.8) is 0 Å². The maximum Gasteiger partial charge on any atom is 0.242 e. The molecule has 1 heterocycles. The minimum atomic E-state index is -0.468. The highest BCUT2D eigenvalue weighted by molar-refractivity contribution is 5.87. The fourth-order valence-corrected chi connectivity index (χ4v) is 2.57. The standard InChI is InChI=1S/C18H27N3O2/c1-14-6-5-7-15(12-14)20-8-10-21(11-9-20)16(22)13-19-17(23)18(2,3)4/h5-7,12H,8-11,13H2,1-4H3,(H,19,23). The summed E-state index contributed by atoms with van der Waals surface area (Å²) in [5, 5.41) is 2.73. The molecule has 2 rings (SSSR count). The first-order valence-electron chi connectivity index (χ1n) is 8.15. The number of anilines is 1. The summed E-state index contributed by atoms with van der Waals surface area (Å²) >= 11 is 0.